The van der Waals surface area contributed by atoms with Gasteiger partial charge in [0.1, 0.15) is 18.3 Å². The molecule has 1 aliphatic heterocycles. The fourth-order valence-corrected chi connectivity index (χ4v) is 3.56. The van der Waals surface area contributed by atoms with Gasteiger partial charge in [0.2, 0.25) is 0 Å². The van der Waals surface area contributed by atoms with Crippen molar-refractivity contribution in [2.45, 2.75) is 108 Å². The Bertz CT molecular complexity index is 366. The van der Waals surface area contributed by atoms with Crippen LogP contribution in [0.25, 0.3) is 0 Å². The number of thiocarbonyl (C=S) groups is 1. The van der Waals surface area contributed by atoms with Crippen LogP contribution in [0.5, 0.6) is 0 Å². The summed E-state index contributed by atoms with van der Waals surface area (Å²) in [4.78, 5) is 0. The van der Waals surface area contributed by atoms with E-state index in [1.807, 2.05) is 0 Å². The third-order valence-corrected chi connectivity index (χ3v) is 5.31. The van der Waals surface area contributed by atoms with Crippen molar-refractivity contribution in [3.8, 4) is 0 Å². The number of aliphatic hydroxyl groups excluding tert-OH is 3. The summed E-state index contributed by atoms with van der Waals surface area (Å²) in [6.07, 6.45) is 11.1. The summed E-state index contributed by atoms with van der Waals surface area (Å²) in [5.41, 5.74) is 0. The molecule has 0 aliphatic carbocycles. The van der Waals surface area contributed by atoms with Crippen LogP contribution in [-0.4, -0.2) is 58.0 Å². The molecular formula is C20H38O5S. The van der Waals surface area contributed by atoms with Crippen LogP contribution < -0.4 is 0 Å². The zero-order valence-corrected chi connectivity index (χ0v) is 17.1. The molecule has 1 fully saturated rings. The van der Waals surface area contributed by atoms with Gasteiger partial charge in [0.05, 0.1) is 13.2 Å². The van der Waals surface area contributed by atoms with Gasteiger partial charge in [0.25, 0.3) is 0 Å². The van der Waals surface area contributed by atoms with Crippen molar-refractivity contribution < 1.29 is 24.8 Å². The molecule has 0 saturated carbocycles. The monoisotopic (exact) mass is 390 g/mol. The second-order valence-corrected chi connectivity index (χ2v) is 7.81. The molecule has 0 amide bonds. The first-order valence-electron chi connectivity index (χ1n) is 10.4. The Balaban J connectivity index is 2.03. The maximum Gasteiger partial charge on any atom is 0.160 e. The predicted octanol–water partition coefficient (Wildman–Crippen LogP) is 3.51. The van der Waals surface area contributed by atoms with Crippen molar-refractivity contribution in [3.63, 3.8) is 0 Å². The molecule has 0 unspecified atom stereocenters. The fraction of sp³-hybridized carbons (Fsp3) is 0.950. The molecule has 154 valence electrons. The molecule has 5 nitrogen and oxygen atoms in total. The van der Waals surface area contributed by atoms with Crippen LogP contribution in [0.2, 0.25) is 0 Å². The van der Waals surface area contributed by atoms with Crippen LogP contribution in [0, 0.1) is 0 Å². The Hall–Kier alpha value is -0.270. The zero-order valence-electron chi connectivity index (χ0n) is 16.3. The zero-order chi connectivity index (χ0) is 19.2. The number of rotatable bonds is 14. The highest BCUT2D eigenvalue weighted by molar-refractivity contribution is 7.80. The minimum absolute atomic E-state index is 0.0357. The minimum atomic E-state index is -1.07. The van der Waals surface area contributed by atoms with Crippen LogP contribution in [0.3, 0.4) is 0 Å². The van der Waals surface area contributed by atoms with E-state index >= 15 is 0 Å². The van der Waals surface area contributed by atoms with Crippen molar-refractivity contribution in [2.75, 3.05) is 13.2 Å². The number of hydrogen-bond acceptors (Lipinski definition) is 6. The lowest BCUT2D eigenvalue weighted by molar-refractivity contribution is -0.190. The first-order valence-corrected chi connectivity index (χ1v) is 10.8. The fourth-order valence-electron chi connectivity index (χ4n) is 3.31. The quantitative estimate of drug-likeness (QED) is 0.311. The number of unbranched alkanes of at least 4 members (excludes halogenated alkanes) is 10. The number of hydrogen-bond donors (Lipinski definition) is 3. The minimum Gasteiger partial charge on any atom is -0.478 e. The Morgan fingerprint density at radius 1 is 0.962 bits per heavy atom. The largest absolute Gasteiger partial charge is 0.478 e. The van der Waals surface area contributed by atoms with E-state index in [-0.39, 0.29) is 13.2 Å². The standard InChI is InChI=1S/C20H38O5S/c1-2-3-4-5-6-7-8-9-10-11-12-13-18(26)25-20-16(22)15-24-17(14-21)19(20)23/h16-17,19-23H,2-15H2,1H3/t16-,17+,19+,20+/m0/s1. The van der Waals surface area contributed by atoms with Gasteiger partial charge in [-0.15, -0.1) is 0 Å². The van der Waals surface area contributed by atoms with Gasteiger partial charge in [-0.2, -0.15) is 0 Å². The molecule has 26 heavy (non-hydrogen) atoms. The molecule has 0 radical (unpaired) electrons. The Kier molecular flexibility index (Phi) is 13.5. The van der Waals surface area contributed by atoms with E-state index in [9.17, 15) is 10.2 Å². The van der Waals surface area contributed by atoms with Gasteiger partial charge in [0, 0.05) is 6.42 Å². The summed E-state index contributed by atoms with van der Waals surface area (Å²) in [5, 5.41) is 29.6. The molecule has 0 aromatic rings. The van der Waals surface area contributed by atoms with Gasteiger partial charge in [0.15, 0.2) is 11.2 Å². The highest BCUT2D eigenvalue weighted by atomic mass is 32.1. The highest BCUT2D eigenvalue weighted by Crippen LogP contribution is 2.20. The second-order valence-electron chi connectivity index (χ2n) is 7.35. The van der Waals surface area contributed by atoms with E-state index in [1.54, 1.807) is 0 Å². The average molecular weight is 391 g/mol. The summed E-state index contributed by atoms with van der Waals surface area (Å²) in [6, 6.07) is 0. The first kappa shape index (κ1) is 23.8. The Labute approximate surface area is 164 Å². The maximum absolute atomic E-state index is 10.1. The summed E-state index contributed by atoms with van der Waals surface area (Å²) in [5.74, 6) is 0. The van der Waals surface area contributed by atoms with E-state index in [2.05, 4.69) is 6.92 Å². The van der Waals surface area contributed by atoms with Crippen LogP contribution >= 0.6 is 12.2 Å². The van der Waals surface area contributed by atoms with E-state index in [0.717, 1.165) is 12.8 Å². The van der Waals surface area contributed by atoms with Crippen LogP contribution in [0.4, 0.5) is 0 Å². The molecular weight excluding hydrogens is 352 g/mol. The Morgan fingerprint density at radius 3 is 2.04 bits per heavy atom. The number of aliphatic hydroxyl groups is 3. The molecule has 4 atom stereocenters. The van der Waals surface area contributed by atoms with E-state index < -0.39 is 24.4 Å². The summed E-state index contributed by atoms with van der Waals surface area (Å²) in [6.45, 7) is 1.98. The van der Waals surface area contributed by atoms with Crippen molar-refractivity contribution >= 4 is 17.3 Å². The van der Waals surface area contributed by atoms with E-state index in [4.69, 9.17) is 26.8 Å². The Morgan fingerprint density at radius 2 is 1.50 bits per heavy atom. The molecule has 1 heterocycles. The average Bonchev–Trinajstić information content (AvgIpc) is 2.63. The lowest BCUT2D eigenvalue weighted by Crippen LogP contribution is -2.55. The van der Waals surface area contributed by atoms with Crippen molar-refractivity contribution in [1.29, 1.82) is 0 Å². The molecule has 3 N–H and O–H groups in total. The molecule has 0 bridgehead atoms. The molecule has 0 spiro atoms. The second kappa shape index (κ2) is 14.7. The lowest BCUT2D eigenvalue weighted by atomic mass is 10.0. The van der Waals surface area contributed by atoms with E-state index in [1.165, 1.54) is 57.8 Å². The topological polar surface area (TPSA) is 79.2 Å². The maximum atomic E-state index is 10.1. The van der Waals surface area contributed by atoms with Crippen molar-refractivity contribution in [2.24, 2.45) is 0 Å². The molecule has 1 aliphatic rings. The summed E-state index contributed by atoms with van der Waals surface area (Å²) in [7, 11) is 0. The smallest absolute Gasteiger partial charge is 0.160 e. The molecule has 1 saturated heterocycles. The van der Waals surface area contributed by atoms with Gasteiger partial charge in [-0.3, -0.25) is 0 Å². The number of ether oxygens (including phenoxy) is 2. The van der Waals surface area contributed by atoms with Gasteiger partial charge in [-0.05, 0) is 18.6 Å². The molecule has 0 aromatic heterocycles. The predicted molar refractivity (Wildman–Crippen MR) is 107 cm³/mol. The van der Waals surface area contributed by atoms with Gasteiger partial charge in [-0.25, -0.2) is 0 Å². The molecule has 0 aromatic carbocycles. The molecule has 1 rings (SSSR count). The van der Waals surface area contributed by atoms with Gasteiger partial charge >= 0.3 is 0 Å². The van der Waals surface area contributed by atoms with Crippen LogP contribution in [-0.2, 0) is 9.47 Å². The van der Waals surface area contributed by atoms with Gasteiger partial charge < -0.3 is 24.8 Å². The van der Waals surface area contributed by atoms with Gasteiger partial charge in [-0.1, -0.05) is 71.1 Å². The van der Waals surface area contributed by atoms with E-state index in [0.29, 0.717) is 11.5 Å². The summed E-state index contributed by atoms with van der Waals surface area (Å²) < 4.78 is 10.7. The van der Waals surface area contributed by atoms with Crippen molar-refractivity contribution in [3.05, 3.63) is 0 Å². The third-order valence-electron chi connectivity index (χ3n) is 5.01. The highest BCUT2D eigenvalue weighted by Gasteiger charge is 2.40. The lowest BCUT2D eigenvalue weighted by Gasteiger charge is -2.37. The first-order chi connectivity index (χ1) is 12.6. The van der Waals surface area contributed by atoms with Crippen molar-refractivity contribution in [1.82, 2.24) is 0 Å². The van der Waals surface area contributed by atoms with Crippen LogP contribution in [0.1, 0.15) is 84.0 Å². The SMILES string of the molecule is CCCCCCCCCCCCCC(=S)O[C@H]1[C@H](O)[C@@H](CO)OC[C@@H]1O. The molecule has 6 heteroatoms. The normalized spacial score (nSPS) is 26.0. The summed E-state index contributed by atoms with van der Waals surface area (Å²) >= 11 is 5.24. The third kappa shape index (κ3) is 9.60. The van der Waals surface area contributed by atoms with Crippen LogP contribution in [0.15, 0.2) is 0 Å².